The molecule has 2 atom stereocenters. The highest BCUT2D eigenvalue weighted by Crippen LogP contribution is 2.32. The van der Waals surface area contributed by atoms with Gasteiger partial charge in [0, 0.05) is 25.0 Å². The highest BCUT2D eigenvalue weighted by molar-refractivity contribution is 5.98. The number of anilines is 1. The molecule has 2 heterocycles. The first kappa shape index (κ1) is 26.9. The Hall–Kier alpha value is -4.73. The summed E-state index contributed by atoms with van der Waals surface area (Å²) in [6.45, 7) is 0.163. The van der Waals surface area contributed by atoms with Gasteiger partial charge in [0.05, 0.1) is 25.4 Å². The van der Waals surface area contributed by atoms with Gasteiger partial charge in [0.2, 0.25) is 11.8 Å². The summed E-state index contributed by atoms with van der Waals surface area (Å²) >= 11 is 0. The number of amides is 2. The van der Waals surface area contributed by atoms with Gasteiger partial charge in [-0.25, -0.2) is 4.68 Å². The maximum Gasteiger partial charge on any atom is 0.247 e. The largest absolute Gasteiger partial charge is 0.497 e. The van der Waals surface area contributed by atoms with Crippen LogP contribution in [0.25, 0.3) is 11.0 Å². The highest BCUT2D eigenvalue weighted by Gasteiger charge is 2.37. The number of pyridine rings is 1. The molecule has 0 radical (unpaired) electrons. The Balaban J connectivity index is 1.51. The molecule has 0 saturated carbocycles. The molecule has 2 aromatic heterocycles. The van der Waals surface area contributed by atoms with Crippen molar-refractivity contribution in [3.8, 4) is 11.5 Å². The molecular formula is C30H32N6O4. The van der Waals surface area contributed by atoms with Crippen LogP contribution in [0.5, 0.6) is 11.5 Å². The van der Waals surface area contributed by atoms with E-state index in [0.29, 0.717) is 29.1 Å². The number of aromatic nitrogens is 4. The zero-order chi connectivity index (χ0) is 27.9. The van der Waals surface area contributed by atoms with E-state index in [1.54, 1.807) is 47.3 Å². The van der Waals surface area contributed by atoms with Crippen molar-refractivity contribution in [3.05, 3.63) is 84.7 Å². The normalized spacial score (nSPS) is 15.4. The summed E-state index contributed by atoms with van der Waals surface area (Å²) < 4.78 is 12.4. The fraction of sp³-hybridized carbons (Fsp3) is 0.300. The lowest BCUT2D eigenvalue weighted by molar-refractivity contribution is -0.142. The van der Waals surface area contributed by atoms with Gasteiger partial charge in [-0.05, 0) is 61.1 Å². The van der Waals surface area contributed by atoms with Crippen LogP contribution in [0.4, 0.5) is 5.69 Å². The number of fused-ring (bicyclic) bond motifs is 1. The number of hydrogen-bond donors (Lipinski definition) is 1. The second-order valence-electron chi connectivity index (χ2n) is 9.66. The molecule has 2 amide bonds. The fourth-order valence-electron chi connectivity index (χ4n) is 5.11. The van der Waals surface area contributed by atoms with E-state index in [1.807, 2.05) is 36.4 Å². The minimum absolute atomic E-state index is 0.0566. The van der Waals surface area contributed by atoms with Crippen molar-refractivity contribution < 1.29 is 19.1 Å². The Morgan fingerprint density at radius 3 is 2.73 bits per heavy atom. The number of methoxy groups -OCH3 is 2. The van der Waals surface area contributed by atoms with Gasteiger partial charge >= 0.3 is 0 Å². The molecule has 4 aromatic rings. The summed E-state index contributed by atoms with van der Waals surface area (Å²) in [5.74, 6) is 0.467. The Morgan fingerprint density at radius 1 is 1.10 bits per heavy atom. The van der Waals surface area contributed by atoms with E-state index >= 15 is 0 Å². The van der Waals surface area contributed by atoms with Crippen LogP contribution in [0, 0.1) is 5.92 Å². The molecule has 1 aliphatic carbocycles. The summed E-state index contributed by atoms with van der Waals surface area (Å²) in [5, 5.41) is 11.4. The van der Waals surface area contributed by atoms with Gasteiger partial charge in [-0.1, -0.05) is 35.6 Å². The van der Waals surface area contributed by atoms with Crippen LogP contribution in [-0.4, -0.2) is 57.0 Å². The molecule has 10 nitrogen and oxygen atoms in total. The second-order valence-corrected chi connectivity index (χ2v) is 9.66. The Kier molecular flexibility index (Phi) is 8.34. The third-order valence-electron chi connectivity index (χ3n) is 7.13. The van der Waals surface area contributed by atoms with E-state index in [2.05, 4.69) is 32.8 Å². The van der Waals surface area contributed by atoms with E-state index in [0.717, 1.165) is 23.9 Å². The molecule has 0 aliphatic heterocycles. The van der Waals surface area contributed by atoms with Gasteiger partial charge in [0.15, 0.2) is 0 Å². The molecular weight excluding hydrogens is 508 g/mol. The number of carbonyl (C=O) groups is 2. The predicted octanol–water partition coefficient (Wildman–Crippen LogP) is 4.24. The van der Waals surface area contributed by atoms with Gasteiger partial charge in [-0.15, -0.1) is 5.10 Å². The molecule has 2 aromatic carbocycles. The van der Waals surface area contributed by atoms with Crippen LogP contribution in [-0.2, 0) is 22.7 Å². The third-order valence-corrected chi connectivity index (χ3v) is 7.13. The van der Waals surface area contributed by atoms with Crippen molar-refractivity contribution in [2.75, 3.05) is 19.5 Å². The van der Waals surface area contributed by atoms with E-state index in [4.69, 9.17) is 9.47 Å². The molecule has 1 aliphatic rings. The molecule has 0 bridgehead atoms. The molecule has 40 heavy (non-hydrogen) atoms. The van der Waals surface area contributed by atoms with Crippen molar-refractivity contribution in [1.29, 1.82) is 0 Å². The van der Waals surface area contributed by atoms with Crippen LogP contribution in [0.1, 0.15) is 24.8 Å². The smallest absolute Gasteiger partial charge is 0.247 e. The van der Waals surface area contributed by atoms with Crippen molar-refractivity contribution in [2.45, 2.75) is 38.4 Å². The fourth-order valence-corrected chi connectivity index (χ4v) is 5.11. The lowest BCUT2D eigenvalue weighted by atomic mass is 9.85. The minimum Gasteiger partial charge on any atom is -0.497 e. The first-order chi connectivity index (χ1) is 19.6. The summed E-state index contributed by atoms with van der Waals surface area (Å²) in [4.78, 5) is 34.1. The number of ether oxygens (including phenoxy) is 2. The Labute approximate surface area is 232 Å². The van der Waals surface area contributed by atoms with Crippen LogP contribution in [0.3, 0.4) is 0 Å². The maximum absolute atomic E-state index is 14.1. The Bertz CT molecular complexity index is 1500. The van der Waals surface area contributed by atoms with Crippen molar-refractivity contribution in [2.24, 2.45) is 5.92 Å². The standard InChI is InChI=1S/C30H32N6O4/c1-39-23-14-15-25(27(17-23)40-2)32-30(38)29(22-10-4-3-5-11-22)35(19-21-9-8-16-31-18-21)28(37)20-36-26-13-7-6-12-24(26)33-34-36/h3-4,6-9,12-18,22,29H,5,10-11,19-20H2,1-2H3,(H,32,38)/t22-,29+/m0/s1. The zero-order valence-electron chi connectivity index (χ0n) is 22.6. The van der Waals surface area contributed by atoms with Crippen LogP contribution in [0.15, 0.2) is 79.1 Å². The summed E-state index contributed by atoms with van der Waals surface area (Å²) in [6, 6.07) is 15.7. The number of hydrogen-bond acceptors (Lipinski definition) is 7. The van der Waals surface area contributed by atoms with E-state index in [9.17, 15) is 9.59 Å². The monoisotopic (exact) mass is 540 g/mol. The van der Waals surface area contributed by atoms with Crippen LogP contribution in [0.2, 0.25) is 0 Å². The lowest BCUT2D eigenvalue weighted by Crippen LogP contribution is -2.52. The average molecular weight is 541 g/mol. The number of rotatable bonds is 10. The highest BCUT2D eigenvalue weighted by atomic mass is 16.5. The molecule has 0 unspecified atom stereocenters. The van der Waals surface area contributed by atoms with Gasteiger partial charge in [0.25, 0.3) is 0 Å². The second kappa shape index (κ2) is 12.4. The summed E-state index contributed by atoms with van der Waals surface area (Å²) in [6.07, 6.45) is 9.89. The van der Waals surface area contributed by atoms with E-state index < -0.39 is 6.04 Å². The number of nitrogens with one attached hydrogen (secondary N) is 1. The molecule has 5 rings (SSSR count). The van der Waals surface area contributed by atoms with Gasteiger partial charge in [-0.2, -0.15) is 0 Å². The summed E-state index contributed by atoms with van der Waals surface area (Å²) in [5.41, 5.74) is 2.78. The van der Waals surface area contributed by atoms with Gasteiger partial charge in [-0.3, -0.25) is 14.6 Å². The minimum atomic E-state index is -0.751. The Morgan fingerprint density at radius 2 is 1.98 bits per heavy atom. The lowest BCUT2D eigenvalue weighted by Gasteiger charge is -2.37. The molecule has 206 valence electrons. The molecule has 10 heteroatoms. The van der Waals surface area contributed by atoms with Gasteiger partial charge < -0.3 is 19.7 Å². The maximum atomic E-state index is 14.1. The first-order valence-corrected chi connectivity index (χ1v) is 13.2. The van der Waals surface area contributed by atoms with Gasteiger partial charge in [0.1, 0.15) is 29.6 Å². The average Bonchev–Trinajstić information content (AvgIpc) is 3.40. The number of allylic oxidation sites excluding steroid dienone is 2. The molecule has 0 fully saturated rings. The zero-order valence-corrected chi connectivity index (χ0v) is 22.6. The van der Waals surface area contributed by atoms with Crippen molar-refractivity contribution in [3.63, 3.8) is 0 Å². The van der Waals surface area contributed by atoms with E-state index in [1.165, 1.54) is 7.11 Å². The molecule has 0 spiro atoms. The molecule has 0 saturated heterocycles. The summed E-state index contributed by atoms with van der Waals surface area (Å²) in [7, 11) is 3.11. The topological polar surface area (TPSA) is 111 Å². The predicted molar refractivity (Wildman–Crippen MR) is 151 cm³/mol. The number of nitrogens with zero attached hydrogens (tertiary/aromatic N) is 5. The number of carbonyl (C=O) groups excluding carboxylic acids is 2. The number of benzene rings is 2. The molecule has 1 N–H and O–H groups in total. The third kappa shape index (κ3) is 5.96. The van der Waals surface area contributed by atoms with Crippen molar-refractivity contribution in [1.82, 2.24) is 24.9 Å². The van der Waals surface area contributed by atoms with Crippen molar-refractivity contribution >= 4 is 28.5 Å². The first-order valence-electron chi connectivity index (χ1n) is 13.2. The SMILES string of the molecule is COc1ccc(NC(=O)[C@@H]([C@H]2CC=CCC2)N(Cc2cccnc2)C(=O)Cn2nnc3ccccc32)c(OC)c1. The van der Waals surface area contributed by atoms with Crippen LogP contribution >= 0.6 is 0 Å². The van der Waals surface area contributed by atoms with Crippen LogP contribution < -0.4 is 14.8 Å². The quantitative estimate of drug-likeness (QED) is 0.300. The van der Waals surface area contributed by atoms with E-state index in [-0.39, 0.29) is 30.8 Å². The number of para-hydroxylation sites is 1.